The molecule has 7 heteroatoms. The van der Waals surface area contributed by atoms with Crippen molar-refractivity contribution < 1.29 is 17.9 Å². The molecule has 0 aliphatic carbocycles. The smallest absolute Gasteiger partial charge is 0.416 e. The van der Waals surface area contributed by atoms with Crippen LogP contribution in [-0.4, -0.2) is 24.1 Å². The number of nitrogens with one attached hydrogen (secondary N) is 1. The summed E-state index contributed by atoms with van der Waals surface area (Å²) in [6.45, 7) is 0. The molecule has 0 saturated heterocycles. The normalized spacial score (nSPS) is 13.0. The lowest BCUT2D eigenvalue weighted by Gasteiger charge is -2.18. The predicted octanol–water partition coefficient (Wildman–Crippen LogP) is 2.81. The van der Waals surface area contributed by atoms with Crippen LogP contribution in [-0.2, 0) is 6.18 Å². The molecule has 21 heavy (non-hydrogen) atoms. The van der Waals surface area contributed by atoms with Gasteiger partial charge in [0.1, 0.15) is 6.33 Å². The van der Waals surface area contributed by atoms with Gasteiger partial charge in [-0.1, -0.05) is 12.1 Å². The minimum absolute atomic E-state index is 0.354. The number of alkyl halides is 3. The molecule has 2 rings (SSSR count). The zero-order valence-corrected chi connectivity index (χ0v) is 11.5. The monoisotopic (exact) mass is 297 g/mol. The molecule has 1 atom stereocenters. The van der Waals surface area contributed by atoms with Gasteiger partial charge in [-0.25, -0.2) is 9.97 Å². The Balaban J connectivity index is 2.41. The molecule has 1 aromatic carbocycles. The lowest BCUT2D eigenvalue weighted by molar-refractivity contribution is -0.137. The standard InChI is InChI=1S/C14H14F3N3O/c1-18-13(11-7-12(21-2)20-8-19-11)9-4-3-5-10(6-9)14(15,16)17/h3-8,13,18H,1-2H3. The molecule has 0 amide bonds. The minimum atomic E-state index is -4.38. The Bertz CT molecular complexity index is 616. The number of rotatable bonds is 4. The number of hydrogen-bond donors (Lipinski definition) is 1. The van der Waals surface area contributed by atoms with E-state index < -0.39 is 17.8 Å². The largest absolute Gasteiger partial charge is 0.481 e. The number of nitrogens with zero attached hydrogens (tertiary/aromatic N) is 2. The molecular weight excluding hydrogens is 283 g/mol. The Morgan fingerprint density at radius 2 is 1.95 bits per heavy atom. The molecule has 1 aromatic heterocycles. The van der Waals surface area contributed by atoms with Gasteiger partial charge in [-0.3, -0.25) is 0 Å². The molecule has 4 nitrogen and oxygen atoms in total. The van der Waals surface area contributed by atoms with Crippen molar-refractivity contribution in [1.82, 2.24) is 15.3 Å². The number of hydrogen-bond acceptors (Lipinski definition) is 4. The first kappa shape index (κ1) is 15.2. The van der Waals surface area contributed by atoms with E-state index in [4.69, 9.17) is 4.74 Å². The number of halogens is 3. The lowest BCUT2D eigenvalue weighted by Crippen LogP contribution is -2.20. The Labute approximate surface area is 120 Å². The fraction of sp³-hybridized carbons (Fsp3) is 0.286. The molecule has 2 aromatic rings. The lowest BCUT2D eigenvalue weighted by atomic mass is 10.0. The van der Waals surface area contributed by atoms with Crippen molar-refractivity contribution in [3.05, 3.63) is 53.5 Å². The maximum absolute atomic E-state index is 12.8. The number of aromatic nitrogens is 2. The van der Waals surface area contributed by atoms with E-state index in [0.717, 1.165) is 12.1 Å². The van der Waals surface area contributed by atoms with E-state index in [9.17, 15) is 13.2 Å². The Hall–Kier alpha value is -2.15. The summed E-state index contributed by atoms with van der Waals surface area (Å²) < 4.78 is 43.4. The Kier molecular flexibility index (Phi) is 4.42. The van der Waals surface area contributed by atoms with Gasteiger partial charge in [0.05, 0.1) is 24.4 Å². The molecule has 1 unspecified atom stereocenters. The van der Waals surface area contributed by atoms with Crippen molar-refractivity contribution >= 4 is 0 Å². The quantitative estimate of drug-likeness (QED) is 0.942. The van der Waals surface area contributed by atoms with Crippen LogP contribution in [0.1, 0.15) is 22.9 Å². The topological polar surface area (TPSA) is 47.0 Å². The summed E-state index contributed by atoms with van der Waals surface area (Å²) in [5.74, 6) is 0.354. The molecule has 0 bridgehead atoms. The van der Waals surface area contributed by atoms with Crippen LogP contribution in [0.3, 0.4) is 0 Å². The average molecular weight is 297 g/mol. The van der Waals surface area contributed by atoms with Crippen LogP contribution in [0.2, 0.25) is 0 Å². The van der Waals surface area contributed by atoms with Crippen molar-refractivity contribution in [2.45, 2.75) is 12.2 Å². The van der Waals surface area contributed by atoms with Crippen molar-refractivity contribution in [1.29, 1.82) is 0 Å². The summed E-state index contributed by atoms with van der Waals surface area (Å²) in [6.07, 6.45) is -3.07. The van der Waals surface area contributed by atoms with Gasteiger partial charge in [-0.2, -0.15) is 13.2 Å². The first-order valence-electron chi connectivity index (χ1n) is 6.16. The third kappa shape index (κ3) is 3.49. The van der Waals surface area contributed by atoms with Gasteiger partial charge in [0.2, 0.25) is 5.88 Å². The van der Waals surface area contributed by atoms with E-state index >= 15 is 0 Å². The number of methoxy groups -OCH3 is 1. The van der Waals surface area contributed by atoms with Crippen LogP contribution in [0.15, 0.2) is 36.7 Å². The first-order valence-corrected chi connectivity index (χ1v) is 6.16. The third-order valence-corrected chi connectivity index (χ3v) is 3.00. The molecule has 0 spiro atoms. The first-order chi connectivity index (χ1) is 9.95. The van der Waals surface area contributed by atoms with Crippen LogP contribution in [0, 0.1) is 0 Å². The predicted molar refractivity (Wildman–Crippen MR) is 70.9 cm³/mol. The van der Waals surface area contributed by atoms with Crippen LogP contribution in [0.5, 0.6) is 5.88 Å². The summed E-state index contributed by atoms with van der Waals surface area (Å²) in [5.41, 5.74) is 0.304. The summed E-state index contributed by atoms with van der Waals surface area (Å²) in [5, 5.41) is 2.95. The van der Waals surface area contributed by atoms with E-state index in [2.05, 4.69) is 15.3 Å². The summed E-state index contributed by atoms with van der Waals surface area (Å²) >= 11 is 0. The van der Waals surface area contributed by atoms with Crippen molar-refractivity contribution in [3.63, 3.8) is 0 Å². The number of ether oxygens (including phenoxy) is 1. The molecule has 1 heterocycles. The van der Waals surface area contributed by atoms with E-state index in [1.54, 1.807) is 19.2 Å². The average Bonchev–Trinajstić information content (AvgIpc) is 2.48. The Morgan fingerprint density at radius 1 is 1.19 bits per heavy atom. The zero-order valence-electron chi connectivity index (χ0n) is 11.5. The second kappa shape index (κ2) is 6.09. The summed E-state index contributed by atoms with van der Waals surface area (Å²) in [7, 11) is 3.12. The van der Waals surface area contributed by atoms with Gasteiger partial charge in [0.15, 0.2) is 0 Å². The molecule has 0 fully saturated rings. The summed E-state index contributed by atoms with van der Waals surface area (Å²) in [4.78, 5) is 7.98. The molecule has 0 saturated carbocycles. The van der Waals surface area contributed by atoms with E-state index in [-0.39, 0.29) is 0 Å². The highest BCUT2D eigenvalue weighted by atomic mass is 19.4. The second-order valence-electron chi connectivity index (χ2n) is 4.33. The van der Waals surface area contributed by atoms with Crippen molar-refractivity contribution in [2.24, 2.45) is 0 Å². The highest BCUT2D eigenvalue weighted by molar-refractivity contribution is 5.33. The van der Waals surface area contributed by atoms with E-state index in [0.29, 0.717) is 17.1 Å². The molecule has 112 valence electrons. The second-order valence-corrected chi connectivity index (χ2v) is 4.33. The zero-order chi connectivity index (χ0) is 15.5. The number of benzene rings is 1. The molecule has 0 aliphatic rings. The van der Waals surface area contributed by atoms with Crippen LogP contribution in [0.25, 0.3) is 0 Å². The molecule has 1 N–H and O–H groups in total. The molecular formula is C14H14F3N3O. The highest BCUT2D eigenvalue weighted by Gasteiger charge is 2.31. The van der Waals surface area contributed by atoms with Crippen LogP contribution < -0.4 is 10.1 Å². The highest BCUT2D eigenvalue weighted by Crippen LogP contribution is 2.32. The molecule has 0 radical (unpaired) electrons. The third-order valence-electron chi connectivity index (χ3n) is 3.00. The van der Waals surface area contributed by atoms with Gasteiger partial charge in [0, 0.05) is 6.07 Å². The fourth-order valence-corrected chi connectivity index (χ4v) is 2.00. The van der Waals surface area contributed by atoms with Crippen LogP contribution in [0.4, 0.5) is 13.2 Å². The maximum atomic E-state index is 12.8. The molecule has 0 aliphatic heterocycles. The minimum Gasteiger partial charge on any atom is -0.481 e. The van der Waals surface area contributed by atoms with E-state index in [1.165, 1.54) is 19.5 Å². The van der Waals surface area contributed by atoms with Gasteiger partial charge in [-0.15, -0.1) is 0 Å². The maximum Gasteiger partial charge on any atom is 0.416 e. The fourth-order valence-electron chi connectivity index (χ4n) is 2.00. The van der Waals surface area contributed by atoms with Crippen molar-refractivity contribution in [2.75, 3.05) is 14.2 Å². The SMILES string of the molecule is CNC(c1cccc(C(F)(F)F)c1)c1cc(OC)ncn1. The van der Waals surface area contributed by atoms with Crippen molar-refractivity contribution in [3.8, 4) is 5.88 Å². The van der Waals surface area contributed by atoms with Gasteiger partial charge < -0.3 is 10.1 Å². The van der Waals surface area contributed by atoms with Gasteiger partial charge in [-0.05, 0) is 24.7 Å². The van der Waals surface area contributed by atoms with E-state index in [1.807, 2.05) is 0 Å². The van der Waals surface area contributed by atoms with Gasteiger partial charge in [0.25, 0.3) is 0 Å². The van der Waals surface area contributed by atoms with Gasteiger partial charge >= 0.3 is 6.18 Å². The van der Waals surface area contributed by atoms with Crippen LogP contribution >= 0.6 is 0 Å². The summed E-state index contributed by atoms with van der Waals surface area (Å²) in [6, 6.07) is 6.24. The Morgan fingerprint density at radius 3 is 2.57 bits per heavy atom.